The van der Waals surface area contributed by atoms with E-state index in [9.17, 15) is 35.0 Å². The Labute approximate surface area is 224 Å². The molecule has 0 radical (unpaired) electrons. The van der Waals surface area contributed by atoms with Crippen molar-refractivity contribution in [3.8, 4) is 23.7 Å². The molecule has 0 aliphatic heterocycles. The van der Waals surface area contributed by atoms with Crippen LogP contribution in [0.3, 0.4) is 0 Å². The van der Waals surface area contributed by atoms with Gasteiger partial charge in [0.2, 0.25) is 0 Å². The lowest BCUT2D eigenvalue weighted by molar-refractivity contribution is -0.139. The van der Waals surface area contributed by atoms with Crippen molar-refractivity contribution in [1.82, 2.24) is 9.80 Å². The minimum atomic E-state index is -2.69. The maximum atomic E-state index is 14.3. The van der Waals surface area contributed by atoms with Crippen LogP contribution in [0.25, 0.3) is 5.76 Å². The van der Waals surface area contributed by atoms with Crippen LogP contribution in [0.5, 0.6) is 5.75 Å². The topological polar surface area (TPSA) is 220 Å². The zero-order valence-electron chi connectivity index (χ0n) is 22.0. The summed E-state index contributed by atoms with van der Waals surface area (Å²) < 4.78 is 0. The molecule has 1 aromatic carbocycles. The molecule has 0 saturated heterocycles. The number of phenolic OH excluding ortho intramolecular Hbond substituents is 1. The maximum Gasteiger partial charge on any atom is 0.255 e. The van der Waals surface area contributed by atoms with Crippen molar-refractivity contribution in [2.24, 2.45) is 22.6 Å². The number of rotatable bonds is 3. The highest BCUT2D eigenvalue weighted by molar-refractivity contribution is 6.25. The average Bonchev–Trinajstić information content (AvgIpc) is 2.79. The first-order valence-corrected chi connectivity index (χ1v) is 12.0. The number of nitrogens with two attached hydrogens (primary N) is 3. The van der Waals surface area contributed by atoms with Crippen LogP contribution in [0.2, 0.25) is 0 Å². The van der Waals surface area contributed by atoms with Gasteiger partial charge in [-0.1, -0.05) is 11.8 Å². The number of nitriles is 1. The van der Waals surface area contributed by atoms with Crippen LogP contribution in [0, 0.1) is 28.6 Å². The number of carbonyl (C=O) groups excluding carboxylic acids is 3. The van der Waals surface area contributed by atoms with E-state index in [0.717, 1.165) is 0 Å². The van der Waals surface area contributed by atoms with E-state index in [4.69, 9.17) is 17.2 Å². The van der Waals surface area contributed by atoms with E-state index in [1.54, 1.807) is 12.1 Å². The number of Topliss-reactive ketones (excluding diaryl/α,β-unsaturated/α-hetero) is 2. The first kappa shape index (κ1) is 27.8. The molecule has 4 rings (SSSR count). The second kappa shape index (κ2) is 8.93. The van der Waals surface area contributed by atoms with E-state index in [1.165, 1.54) is 25.1 Å². The van der Waals surface area contributed by atoms with Crippen LogP contribution >= 0.6 is 0 Å². The van der Waals surface area contributed by atoms with E-state index in [1.807, 2.05) is 19.0 Å². The Morgan fingerprint density at radius 1 is 1.15 bits per heavy atom. The average molecular weight is 535 g/mol. The quantitative estimate of drug-likeness (QED) is 0.200. The van der Waals surface area contributed by atoms with Crippen LogP contribution in [0.1, 0.15) is 23.1 Å². The summed E-state index contributed by atoms with van der Waals surface area (Å²) >= 11 is 0. The van der Waals surface area contributed by atoms with Gasteiger partial charge in [-0.2, -0.15) is 5.26 Å². The van der Waals surface area contributed by atoms with E-state index in [-0.39, 0.29) is 17.7 Å². The number of phenols is 1. The number of amides is 1. The van der Waals surface area contributed by atoms with Crippen LogP contribution in [0.15, 0.2) is 29.0 Å². The van der Waals surface area contributed by atoms with Gasteiger partial charge in [-0.05, 0) is 58.7 Å². The number of primary amides is 1. The predicted molar refractivity (Wildman–Crippen MR) is 140 cm³/mol. The lowest BCUT2D eigenvalue weighted by atomic mass is 9.47. The second-order valence-corrected chi connectivity index (χ2v) is 10.8. The molecule has 204 valence electrons. The number of ketones is 2. The van der Waals surface area contributed by atoms with Gasteiger partial charge >= 0.3 is 0 Å². The number of nitrogens with zero attached hydrogens (tertiary/aromatic N) is 3. The first-order valence-electron chi connectivity index (χ1n) is 12.0. The van der Waals surface area contributed by atoms with E-state index in [0.29, 0.717) is 17.7 Å². The van der Waals surface area contributed by atoms with Crippen molar-refractivity contribution in [3.05, 3.63) is 45.7 Å². The van der Waals surface area contributed by atoms with Gasteiger partial charge in [-0.15, -0.1) is 0 Å². The van der Waals surface area contributed by atoms with Crippen molar-refractivity contribution < 1.29 is 29.7 Å². The molecule has 39 heavy (non-hydrogen) atoms. The van der Waals surface area contributed by atoms with Crippen molar-refractivity contribution in [2.75, 3.05) is 34.7 Å². The molecule has 0 aromatic heterocycles. The number of hydrogen-bond acceptors (Lipinski definition) is 11. The van der Waals surface area contributed by atoms with E-state index in [2.05, 4.69) is 11.8 Å². The van der Waals surface area contributed by atoms with Gasteiger partial charge in [0.05, 0.1) is 40.9 Å². The third-order valence-electron chi connectivity index (χ3n) is 7.75. The number of likely N-dealkylation sites (N-methyl/N-ethyl adjacent to an activating group) is 1. The zero-order valence-corrected chi connectivity index (χ0v) is 22.0. The normalized spacial score (nSPS) is 29.9. The SMILES string of the molecule is CN(C)CC#Cc1ccc(O)c2c1C[C@@]1(N)C[C@@]3(N)[C@H](N(C)C)C(=O)C(C(N)=O)=C(O)[C@@]3(C#N)C(=O)C1=C2O. The summed E-state index contributed by atoms with van der Waals surface area (Å²) in [6, 6.07) is 3.15. The van der Waals surface area contributed by atoms with Gasteiger partial charge < -0.3 is 32.5 Å². The number of carbonyl (C=O) groups is 3. The number of fused-ring (bicyclic) bond motifs is 3. The molecule has 0 unspecified atom stereocenters. The third kappa shape index (κ3) is 3.57. The number of aromatic hydroxyl groups is 1. The van der Waals surface area contributed by atoms with Crippen molar-refractivity contribution in [2.45, 2.75) is 30.0 Å². The van der Waals surface area contributed by atoms with Crippen molar-refractivity contribution >= 4 is 23.2 Å². The molecule has 0 heterocycles. The highest BCUT2D eigenvalue weighted by Crippen LogP contribution is 2.58. The van der Waals surface area contributed by atoms with Crippen LogP contribution in [-0.4, -0.2) is 94.4 Å². The smallest absolute Gasteiger partial charge is 0.255 e. The van der Waals surface area contributed by atoms with E-state index < -0.39 is 69.1 Å². The maximum absolute atomic E-state index is 14.3. The Balaban J connectivity index is 2.08. The van der Waals surface area contributed by atoms with Gasteiger partial charge in [0.25, 0.3) is 5.91 Å². The van der Waals surface area contributed by atoms with Crippen LogP contribution in [-0.2, 0) is 20.8 Å². The molecular formula is C27H30N6O6. The van der Waals surface area contributed by atoms with E-state index >= 15 is 0 Å². The number of aliphatic hydroxyl groups excluding tert-OH is 2. The predicted octanol–water partition coefficient (Wildman–Crippen LogP) is -1.18. The van der Waals surface area contributed by atoms with Gasteiger partial charge in [0.1, 0.15) is 22.8 Å². The standard InChI is InChI=1S/C27H30N6O6/c1-32(2)9-5-6-13-7-8-15(34)16-14(13)10-25(30)11-27(31)21(33(3)4)20(36)17(24(29)39)22(37)26(27,12-28)23(38)18(25)19(16)35/h7-8,21,34-35,37H,9-11,30-31H2,1-4H3,(H2,29,39)/t21-,25-,26+,27-/m1/s1. The third-order valence-corrected chi connectivity index (χ3v) is 7.75. The largest absolute Gasteiger partial charge is 0.509 e. The molecule has 3 aliphatic carbocycles. The summed E-state index contributed by atoms with van der Waals surface area (Å²) in [6.07, 6.45) is -0.584. The number of benzene rings is 1. The molecule has 9 N–H and O–H groups in total. The molecule has 1 aromatic rings. The summed E-state index contributed by atoms with van der Waals surface area (Å²) in [5, 5.41) is 43.7. The van der Waals surface area contributed by atoms with Crippen LogP contribution in [0.4, 0.5) is 0 Å². The highest BCUT2D eigenvalue weighted by Gasteiger charge is 2.74. The van der Waals surface area contributed by atoms with Gasteiger partial charge in [0, 0.05) is 5.56 Å². The van der Waals surface area contributed by atoms with Gasteiger partial charge in [0.15, 0.2) is 17.0 Å². The molecule has 3 aliphatic rings. The fourth-order valence-electron chi connectivity index (χ4n) is 6.24. The molecule has 12 nitrogen and oxygen atoms in total. The molecule has 1 fully saturated rings. The van der Waals surface area contributed by atoms with Crippen molar-refractivity contribution in [3.63, 3.8) is 0 Å². The molecule has 12 heteroatoms. The fourth-order valence-corrected chi connectivity index (χ4v) is 6.24. The molecule has 0 bridgehead atoms. The summed E-state index contributed by atoms with van der Waals surface area (Å²) in [6.45, 7) is 0.423. The fraction of sp³-hybridized carbons (Fsp3) is 0.407. The Morgan fingerprint density at radius 2 is 1.79 bits per heavy atom. The minimum Gasteiger partial charge on any atom is -0.509 e. The summed E-state index contributed by atoms with van der Waals surface area (Å²) in [5.74, 6) is 0.230. The zero-order chi connectivity index (χ0) is 29.2. The first-order chi connectivity index (χ1) is 18.1. The molecule has 1 amide bonds. The minimum absolute atomic E-state index is 0.0941. The van der Waals surface area contributed by atoms with Crippen LogP contribution < -0.4 is 17.2 Å². The number of aliphatic hydroxyl groups is 2. The molecule has 0 spiro atoms. The lowest BCUT2D eigenvalue weighted by Gasteiger charge is -2.58. The summed E-state index contributed by atoms with van der Waals surface area (Å²) in [5.41, 5.74) is 11.8. The highest BCUT2D eigenvalue weighted by atomic mass is 16.3. The number of hydrogen-bond donors (Lipinski definition) is 6. The lowest BCUT2D eigenvalue weighted by Crippen LogP contribution is -2.80. The summed E-state index contributed by atoms with van der Waals surface area (Å²) in [7, 11) is 6.60. The molecule has 1 saturated carbocycles. The van der Waals surface area contributed by atoms with Crippen molar-refractivity contribution in [1.29, 1.82) is 5.26 Å². The molecule has 4 atom stereocenters. The Kier molecular flexibility index (Phi) is 6.37. The Morgan fingerprint density at radius 3 is 2.33 bits per heavy atom. The Hall–Kier alpha value is -4.20. The summed E-state index contributed by atoms with van der Waals surface area (Å²) in [4.78, 5) is 43.1. The second-order valence-electron chi connectivity index (χ2n) is 10.8. The Bertz CT molecular complexity index is 1510. The van der Waals surface area contributed by atoms with Gasteiger partial charge in [-0.25, -0.2) is 0 Å². The van der Waals surface area contributed by atoms with Gasteiger partial charge in [-0.3, -0.25) is 24.2 Å². The molecular weight excluding hydrogens is 504 g/mol. The monoisotopic (exact) mass is 534 g/mol.